The van der Waals surface area contributed by atoms with E-state index in [0.29, 0.717) is 6.61 Å². The third-order valence-corrected chi connectivity index (χ3v) is 3.45. The van der Waals surface area contributed by atoms with E-state index in [0.717, 1.165) is 6.42 Å². The molecule has 0 saturated carbocycles. The molecule has 0 spiro atoms. The Morgan fingerprint density at radius 3 is 2.24 bits per heavy atom. The zero-order valence-corrected chi connectivity index (χ0v) is 11.5. The van der Waals surface area contributed by atoms with Crippen molar-refractivity contribution in [2.45, 2.75) is 65.6 Å². The fourth-order valence-corrected chi connectivity index (χ4v) is 2.69. The van der Waals surface area contributed by atoms with E-state index >= 15 is 0 Å². The fraction of sp³-hybridized carbons (Fsp3) is 1.00. The van der Waals surface area contributed by atoms with Crippen molar-refractivity contribution in [3.63, 3.8) is 0 Å². The van der Waals surface area contributed by atoms with Crippen LogP contribution in [0.3, 0.4) is 0 Å². The number of alkyl halides is 2. The highest BCUT2D eigenvalue weighted by atomic mass is 19.3. The SMILES string of the molecule is CC(C)N1C(C(F)F)COCCC1C(C)(C)C. The molecule has 0 aromatic heterocycles. The molecule has 1 fully saturated rings. The molecule has 2 atom stereocenters. The predicted molar refractivity (Wildman–Crippen MR) is 65.4 cm³/mol. The minimum atomic E-state index is -2.35. The second-order valence-electron chi connectivity index (χ2n) is 6.19. The van der Waals surface area contributed by atoms with E-state index < -0.39 is 12.5 Å². The van der Waals surface area contributed by atoms with Gasteiger partial charge in [0.2, 0.25) is 0 Å². The van der Waals surface area contributed by atoms with Crippen LogP contribution in [-0.4, -0.2) is 42.7 Å². The summed E-state index contributed by atoms with van der Waals surface area (Å²) < 4.78 is 31.7. The molecule has 1 rings (SSSR count). The average Bonchev–Trinajstić information content (AvgIpc) is 2.37. The Bertz CT molecular complexity index is 238. The van der Waals surface area contributed by atoms with Crippen molar-refractivity contribution in [3.8, 4) is 0 Å². The molecule has 1 heterocycles. The van der Waals surface area contributed by atoms with E-state index in [1.54, 1.807) is 0 Å². The predicted octanol–water partition coefficient (Wildman–Crippen LogP) is 3.17. The van der Waals surface area contributed by atoms with Crippen LogP contribution >= 0.6 is 0 Å². The lowest BCUT2D eigenvalue weighted by molar-refractivity contribution is -0.0493. The molecule has 0 radical (unpaired) electrons. The van der Waals surface area contributed by atoms with Gasteiger partial charge in [-0.1, -0.05) is 20.8 Å². The summed E-state index contributed by atoms with van der Waals surface area (Å²) in [5.74, 6) is 0. The smallest absolute Gasteiger partial charge is 0.256 e. The molecule has 1 aliphatic rings. The first kappa shape index (κ1) is 14.8. The van der Waals surface area contributed by atoms with Crippen LogP contribution in [0.2, 0.25) is 0 Å². The Hall–Kier alpha value is -0.220. The summed E-state index contributed by atoms with van der Waals surface area (Å²) in [6.45, 7) is 11.0. The molecule has 2 nitrogen and oxygen atoms in total. The van der Waals surface area contributed by atoms with Crippen molar-refractivity contribution in [1.29, 1.82) is 0 Å². The molecule has 4 heteroatoms. The molecule has 0 aromatic carbocycles. The van der Waals surface area contributed by atoms with Gasteiger partial charge in [-0.3, -0.25) is 4.90 Å². The number of rotatable bonds is 2. The van der Waals surface area contributed by atoms with Crippen molar-refractivity contribution < 1.29 is 13.5 Å². The summed E-state index contributed by atoms with van der Waals surface area (Å²) >= 11 is 0. The largest absolute Gasteiger partial charge is 0.380 e. The molecule has 0 bridgehead atoms. The third-order valence-electron chi connectivity index (χ3n) is 3.45. The Labute approximate surface area is 103 Å². The lowest BCUT2D eigenvalue weighted by atomic mass is 9.82. The zero-order chi connectivity index (χ0) is 13.2. The Morgan fingerprint density at radius 2 is 1.82 bits per heavy atom. The fourth-order valence-electron chi connectivity index (χ4n) is 2.69. The van der Waals surface area contributed by atoms with Crippen molar-refractivity contribution in [1.82, 2.24) is 4.90 Å². The maximum absolute atomic E-state index is 13.2. The highest BCUT2D eigenvalue weighted by Gasteiger charge is 2.41. The molecular formula is C13H25F2NO. The molecule has 1 saturated heterocycles. The normalized spacial score (nSPS) is 28.8. The molecule has 0 N–H and O–H groups in total. The average molecular weight is 249 g/mol. The number of nitrogens with zero attached hydrogens (tertiary/aromatic N) is 1. The Kier molecular flexibility index (Phi) is 4.90. The van der Waals surface area contributed by atoms with Crippen LogP contribution in [0.5, 0.6) is 0 Å². The number of halogens is 2. The molecule has 0 amide bonds. The highest BCUT2D eigenvalue weighted by Crippen LogP contribution is 2.33. The quantitative estimate of drug-likeness (QED) is 0.745. The highest BCUT2D eigenvalue weighted by molar-refractivity contribution is 4.91. The minimum absolute atomic E-state index is 0.00882. The van der Waals surface area contributed by atoms with E-state index in [1.807, 2.05) is 18.7 Å². The van der Waals surface area contributed by atoms with Crippen LogP contribution in [0.4, 0.5) is 8.78 Å². The topological polar surface area (TPSA) is 12.5 Å². The zero-order valence-electron chi connectivity index (χ0n) is 11.5. The second kappa shape index (κ2) is 5.61. The van der Waals surface area contributed by atoms with Gasteiger partial charge in [-0.05, 0) is 25.7 Å². The van der Waals surface area contributed by atoms with Crippen LogP contribution in [0, 0.1) is 5.41 Å². The monoisotopic (exact) mass is 249 g/mol. The van der Waals surface area contributed by atoms with Gasteiger partial charge in [-0.15, -0.1) is 0 Å². The van der Waals surface area contributed by atoms with Crippen LogP contribution < -0.4 is 0 Å². The van der Waals surface area contributed by atoms with E-state index in [9.17, 15) is 8.78 Å². The van der Waals surface area contributed by atoms with Gasteiger partial charge in [0.25, 0.3) is 6.43 Å². The van der Waals surface area contributed by atoms with Crippen molar-refractivity contribution in [3.05, 3.63) is 0 Å². The van der Waals surface area contributed by atoms with Crippen molar-refractivity contribution >= 4 is 0 Å². The molecule has 17 heavy (non-hydrogen) atoms. The first-order valence-corrected chi connectivity index (χ1v) is 6.38. The van der Waals surface area contributed by atoms with Gasteiger partial charge in [0.15, 0.2) is 0 Å². The molecule has 102 valence electrons. The van der Waals surface area contributed by atoms with Crippen LogP contribution in [-0.2, 0) is 4.74 Å². The maximum atomic E-state index is 13.2. The standard InChI is InChI=1S/C13H25F2NO/c1-9(2)16-10(12(14)15)8-17-7-6-11(16)13(3,4)5/h9-12H,6-8H2,1-5H3. The van der Waals surface area contributed by atoms with E-state index in [2.05, 4.69) is 20.8 Å². The lowest BCUT2D eigenvalue weighted by Gasteiger charge is -2.44. The minimum Gasteiger partial charge on any atom is -0.380 e. The van der Waals surface area contributed by atoms with Crippen LogP contribution in [0.25, 0.3) is 0 Å². The Morgan fingerprint density at radius 1 is 1.24 bits per heavy atom. The third kappa shape index (κ3) is 3.62. The summed E-state index contributed by atoms with van der Waals surface area (Å²) in [6.07, 6.45) is -1.52. The second-order valence-corrected chi connectivity index (χ2v) is 6.19. The van der Waals surface area contributed by atoms with Crippen LogP contribution in [0.15, 0.2) is 0 Å². The molecule has 0 aromatic rings. The summed E-state index contributed by atoms with van der Waals surface area (Å²) in [6, 6.07) is -0.523. The van der Waals surface area contributed by atoms with Gasteiger partial charge in [0.05, 0.1) is 12.6 Å². The summed E-state index contributed by atoms with van der Waals surface area (Å²) in [5.41, 5.74) is -0.00882. The Balaban J connectivity index is 3.00. The molecule has 0 aliphatic carbocycles. The van der Waals surface area contributed by atoms with Gasteiger partial charge in [0.1, 0.15) is 0 Å². The molecule has 1 aliphatic heterocycles. The van der Waals surface area contributed by atoms with Gasteiger partial charge in [0, 0.05) is 18.7 Å². The first-order valence-electron chi connectivity index (χ1n) is 6.38. The van der Waals surface area contributed by atoms with Gasteiger partial charge in [-0.2, -0.15) is 0 Å². The van der Waals surface area contributed by atoms with E-state index in [4.69, 9.17) is 4.74 Å². The van der Waals surface area contributed by atoms with E-state index in [1.165, 1.54) is 0 Å². The van der Waals surface area contributed by atoms with Crippen molar-refractivity contribution in [2.24, 2.45) is 5.41 Å². The van der Waals surface area contributed by atoms with Gasteiger partial charge < -0.3 is 4.74 Å². The van der Waals surface area contributed by atoms with Crippen molar-refractivity contribution in [2.75, 3.05) is 13.2 Å². The van der Waals surface area contributed by atoms with E-state index in [-0.39, 0.29) is 24.1 Å². The molecule has 2 unspecified atom stereocenters. The maximum Gasteiger partial charge on any atom is 0.256 e. The molecular weight excluding hydrogens is 224 g/mol. The number of ether oxygens (including phenoxy) is 1. The van der Waals surface area contributed by atoms with Gasteiger partial charge in [-0.25, -0.2) is 8.78 Å². The number of hydrogen-bond acceptors (Lipinski definition) is 2. The van der Waals surface area contributed by atoms with Crippen LogP contribution in [0.1, 0.15) is 41.0 Å². The number of hydrogen-bond donors (Lipinski definition) is 0. The first-order chi connectivity index (χ1) is 7.75. The lowest BCUT2D eigenvalue weighted by Crippen LogP contribution is -2.55. The summed E-state index contributed by atoms with van der Waals surface area (Å²) in [4.78, 5) is 1.96. The summed E-state index contributed by atoms with van der Waals surface area (Å²) in [5, 5.41) is 0. The van der Waals surface area contributed by atoms with Gasteiger partial charge >= 0.3 is 0 Å². The summed E-state index contributed by atoms with van der Waals surface area (Å²) in [7, 11) is 0.